The molecule has 164 valence electrons. The molecule has 0 aliphatic rings. The van der Waals surface area contributed by atoms with E-state index in [2.05, 4.69) is 20.2 Å². The van der Waals surface area contributed by atoms with Gasteiger partial charge in [-0.3, -0.25) is 9.52 Å². The first-order chi connectivity index (χ1) is 14.8. The quantitative estimate of drug-likeness (QED) is 0.514. The highest BCUT2D eigenvalue weighted by Crippen LogP contribution is 2.20. The van der Waals surface area contributed by atoms with Crippen molar-refractivity contribution < 1.29 is 26.5 Å². The van der Waals surface area contributed by atoms with E-state index >= 15 is 0 Å². The molecule has 0 unspecified atom stereocenters. The molecule has 31 heavy (non-hydrogen) atoms. The molecule has 2 aromatic carbocycles. The number of amides is 1. The number of aromatic nitrogens is 2. The molecule has 8 nitrogen and oxygen atoms in total. The number of nitrogens with one attached hydrogen (secondary N) is 2. The van der Waals surface area contributed by atoms with E-state index in [0.717, 1.165) is 12.1 Å². The summed E-state index contributed by atoms with van der Waals surface area (Å²) < 4.78 is 58.2. The van der Waals surface area contributed by atoms with E-state index in [-0.39, 0.29) is 18.0 Å². The van der Waals surface area contributed by atoms with Crippen molar-refractivity contribution >= 4 is 27.3 Å². The number of hydrogen-bond donors (Lipinski definition) is 2. The lowest BCUT2D eigenvalue weighted by atomic mass is 10.2. The van der Waals surface area contributed by atoms with Gasteiger partial charge in [0.05, 0.1) is 4.90 Å². The van der Waals surface area contributed by atoms with Crippen LogP contribution in [0.5, 0.6) is 0 Å². The summed E-state index contributed by atoms with van der Waals surface area (Å²) in [4.78, 5) is 15.8. The van der Waals surface area contributed by atoms with E-state index in [1.54, 1.807) is 0 Å². The zero-order valence-corrected chi connectivity index (χ0v) is 17.4. The smallest absolute Gasteiger partial charge is 0.261 e. The summed E-state index contributed by atoms with van der Waals surface area (Å²) in [6, 6.07) is 8.23. The lowest BCUT2D eigenvalue weighted by Gasteiger charge is -2.10. The van der Waals surface area contributed by atoms with E-state index in [9.17, 15) is 22.0 Å². The standard InChI is InChI=1S/C20H20F2N4O4S/c1-2-18-24-20(30-25-18)5-3-4-19(27)23-13-6-8-14(9-7-13)26-31(28,29)15-10-11-16(21)17(22)12-15/h6-12,26H,2-5H2,1H3,(H,23,27). The van der Waals surface area contributed by atoms with Crippen molar-refractivity contribution in [3.8, 4) is 0 Å². The number of halogens is 2. The molecular formula is C20H20F2N4O4S. The Morgan fingerprint density at radius 2 is 1.77 bits per heavy atom. The number of anilines is 2. The molecule has 0 saturated carbocycles. The number of nitrogens with zero attached hydrogens (tertiary/aromatic N) is 2. The average molecular weight is 450 g/mol. The Hall–Kier alpha value is -3.34. The number of rotatable bonds is 9. The second-order valence-electron chi connectivity index (χ2n) is 6.62. The number of sulfonamides is 1. The minimum absolute atomic E-state index is 0.200. The SMILES string of the molecule is CCc1noc(CCCC(=O)Nc2ccc(NS(=O)(=O)c3ccc(F)c(F)c3)cc2)n1. The molecule has 0 spiro atoms. The van der Waals surface area contributed by atoms with Gasteiger partial charge < -0.3 is 9.84 Å². The lowest BCUT2D eigenvalue weighted by molar-refractivity contribution is -0.116. The van der Waals surface area contributed by atoms with Gasteiger partial charge in [0.2, 0.25) is 11.8 Å². The van der Waals surface area contributed by atoms with Gasteiger partial charge >= 0.3 is 0 Å². The number of benzene rings is 2. The van der Waals surface area contributed by atoms with Crippen LogP contribution < -0.4 is 10.0 Å². The van der Waals surface area contributed by atoms with Gasteiger partial charge in [0, 0.05) is 30.6 Å². The zero-order valence-electron chi connectivity index (χ0n) is 16.6. The maximum Gasteiger partial charge on any atom is 0.261 e. The average Bonchev–Trinajstić information content (AvgIpc) is 3.19. The Balaban J connectivity index is 1.52. The molecule has 1 amide bonds. The molecule has 2 N–H and O–H groups in total. The molecule has 0 radical (unpaired) electrons. The monoisotopic (exact) mass is 450 g/mol. The van der Waals surface area contributed by atoms with Gasteiger partial charge in [-0.25, -0.2) is 17.2 Å². The predicted molar refractivity (Wildman–Crippen MR) is 109 cm³/mol. The number of aryl methyl sites for hydroxylation is 2. The molecule has 0 aliphatic carbocycles. The first kappa shape index (κ1) is 22.3. The number of carbonyl (C=O) groups excluding carboxylic acids is 1. The van der Waals surface area contributed by atoms with Gasteiger partial charge in [-0.1, -0.05) is 12.1 Å². The third kappa shape index (κ3) is 6.07. The van der Waals surface area contributed by atoms with Crippen LogP contribution in [0.25, 0.3) is 0 Å². The minimum Gasteiger partial charge on any atom is -0.339 e. The van der Waals surface area contributed by atoms with Crippen LogP contribution >= 0.6 is 0 Å². The summed E-state index contributed by atoms with van der Waals surface area (Å²) in [5.74, 6) is -1.50. The van der Waals surface area contributed by atoms with Gasteiger partial charge in [0.15, 0.2) is 17.5 Å². The first-order valence-corrected chi connectivity index (χ1v) is 10.9. The second kappa shape index (κ2) is 9.65. The fraction of sp³-hybridized carbons (Fsp3) is 0.250. The summed E-state index contributed by atoms with van der Waals surface area (Å²) >= 11 is 0. The van der Waals surface area contributed by atoms with Gasteiger partial charge in [-0.05, 0) is 48.9 Å². The summed E-state index contributed by atoms with van der Waals surface area (Å²) in [7, 11) is -4.09. The van der Waals surface area contributed by atoms with Crippen molar-refractivity contribution in [2.45, 2.75) is 37.5 Å². The van der Waals surface area contributed by atoms with Gasteiger partial charge in [0.1, 0.15) is 0 Å². The lowest BCUT2D eigenvalue weighted by Crippen LogP contribution is -2.14. The fourth-order valence-corrected chi connectivity index (χ4v) is 3.71. The normalized spacial score (nSPS) is 11.3. The summed E-state index contributed by atoms with van der Waals surface area (Å²) in [5, 5.41) is 6.50. The van der Waals surface area contributed by atoms with Gasteiger partial charge in [0.25, 0.3) is 10.0 Å². The third-order valence-electron chi connectivity index (χ3n) is 4.24. The van der Waals surface area contributed by atoms with Crippen molar-refractivity contribution in [2.24, 2.45) is 0 Å². The van der Waals surface area contributed by atoms with Crippen molar-refractivity contribution in [3.63, 3.8) is 0 Å². The number of hydrogen-bond acceptors (Lipinski definition) is 6. The van der Waals surface area contributed by atoms with E-state index < -0.39 is 26.6 Å². The first-order valence-electron chi connectivity index (χ1n) is 9.46. The van der Waals surface area contributed by atoms with Crippen molar-refractivity contribution in [3.05, 3.63) is 65.8 Å². The van der Waals surface area contributed by atoms with Crippen molar-refractivity contribution in [2.75, 3.05) is 10.0 Å². The van der Waals surface area contributed by atoms with Crippen LogP contribution in [-0.2, 0) is 27.7 Å². The minimum atomic E-state index is -4.09. The van der Waals surface area contributed by atoms with Crippen LogP contribution in [0, 0.1) is 11.6 Å². The highest BCUT2D eigenvalue weighted by Gasteiger charge is 2.17. The summed E-state index contributed by atoms with van der Waals surface area (Å²) in [5.41, 5.74) is 0.678. The van der Waals surface area contributed by atoms with Crippen LogP contribution in [-0.4, -0.2) is 24.5 Å². The topological polar surface area (TPSA) is 114 Å². The van der Waals surface area contributed by atoms with Gasteiger partial charge in [-0.15, -0.1) is 0 Å². The van der Waals surface area contributed by atoms with Crippen LogP contribution in [0.2, 0.25) is 0 Å². The molecule has 0 aliphatic heterocycles. The molecule has 11 heteroatoms. The maximum absolute atomic E-state index is 13.3. The Bertz CT molecular complexity index is 1160. The van der Waals surface area contributed by atoms with Crippen LogP contribution in [0.15, 0.2) is 51.9 Å². The van der Waals surface area contributed by atoms with E-state index in [1.165, 1.54) is 24.3 Å². The molecular weight excluding hydrogens is 430 g/mol. The Kier molecular flexibility index (Phi) is 6.95. The Labute approximate surface area is 177 Å². The molecule has 0 bridgehead atoms. The maximum atomic E-state index is 13.3. The molecule has 1 heterocycles. The summed E-state index contributed by atoms with van der Waals surface area (Å²) in [6.07, 6.45) is 1.94. The van der Waals surface area contributed by atoms with Crippen LogP contribution in [0.4, 0.5) is 20.2 Å². The molecule has 0 saturated heterocycles. The van der Waals surface area contributed by atoms with Crippen LogP contribution in [0.1, 0.15) is 31.5 Å². The molecule has 0 fully saturated rings. The van der Waals surface area contributed by atoms with Crippen molar-refractivity contribution in [1.29, 1.82) is 0 Å². The largest absolute Gasteiger partial charge is 0.339 e. The molecule has 3 aromatic rings. The Morgan fingerprint density at radius 1 is 1.06 bits per heavy atom. The molecule has 3 rings (SSSR count). The highest BCUT2D eigenvalue weighted by atomic mass is 32.2. The van der Waals surface area contributed by atoms with E-state index in [4.69, 9.17) is 4.52 Å². The molecule has 0 atom stereocenters. The highest BCUT2D eigenvalue weighted by molar-refractivity contribution is 7.92. The number of carbonyl (C=O) groups is 1. The van der Waals surface area contributed by atoms with Crippen LogP contribution in [0.3, 0.4) is 0 Å². The van der Waals surface area contributed by atoms with E-state index in [1.807, 2.05) is 6.92 Å². The third-order valence-corrected chi connectivity index (χ3v) is 5.62. The Morgan fingerprint density at radius 3 is 2.42 bits per heavy atom. The van der Waals surface area contributed by atoms with Gasteiger partial charge in [-0.2, -0.15) is 4.98 Å². The predicted octanol–water partition coefficient (Wildman–Crippen LogP) is 3.67. The van der Waals surface area contributed by atoms with Crippen molar-refractivity contribution in [1.82, 2.24) is 10.1 Å². The zero-order chi connectivity index (χ0) is 22.4. The second-order valence-corrected chi connectivity index (χ2v) is 8.30. The molecule has 1 aromatic heterocycles. The van der Waals surface area contributed by atoms with E-state index in [0.29, 0.717) is 42.7 Å². The fourth-order valence-electron chi connectivity index (χ4n) is 2.64. The summed E-state index contributed by atoms with van der Waals surface area (Å²) in [6.45, 7) is 1.92.